The smallest absolute Gasteiger partial charge is 0.322 e. The molecule has 0 saturated carbocycles. The number of nitrogens with zero attached hydrogens (tertiary/aromatic N) is 5. The number of urea groups is 1. The highest BCUT2D eigenvalue weighted by Crippen LogP contribution is 2.17. The van der Waals surface area contributed by atoms with Crippen molar-refractivity contribution in [2.75, 3.05) is 38.0 Å². The molecule has 2 amide bonds. The predicted octanol–water partition coefficient (Wildman–Crippen LogP) is 1.17. The lowest BCUT2D eigenvalue weighted by Gasteiger charge is -2.34. The lowest BCUT2D eigenvalue weighted by molar-refractivity contribution is 0.143. The highest BCUT2D eigenvalue weighted by molar-refractivity contribution is 7.15. The lowest BCUT2D eigenvalue weighted by atomic mass is 10.3. The zero-order chi connectivity index (χ0) is 17.8. The third-order valence-corrected chi connectivity index (χ3v) is 4.95. The van der Waals surface area contributed by atoms with Crippen molar-refractivity contribution >= 4 is 22.5 Å². The number of hydrogen-bond donors (Lipinski definition) is 1. The first kappa shape index (κ1) is 17.6. The van der Waals surface area contributed by atoms with Gasteiger partial charge in [0.05, 0.1) is 12.2 Å². The normalized spacial score (nSPS) is 15.4. The highest BCUT2D eigenvalue weighted by Gasteiger charge is 2.21. The SMILES string of the molecule is Cc1ccc(=O)n(CCN2CCN(C(=O)Nc3ncc(C)s3)CC2)n1. The van der Waals surface area contributed by atoms with Crippen LogP contribution in [-0.2, 0) is 6.54 Å². The van der Waals surface area contributed by atoms with Crippen LogP contribution in [0.2, 0.25) is 0 Å². The van der Waals surface area contributed by atoms with Crippen LogP contribution in [0.1, 0.15) is 10.6 Å². The van der Waals surface area contributed by atoms with Crippen LogP contribution >= 0.6 is 11.3 Å². The predicted molar refractivity (Wildman–Crippen MR) is 97.1 cm³/mol. The summed E-state index contributed by atoms with van der Waals surface area (Å²) in [6.07, 6.45) is 1.75. The minimum absolute atomic E-state index is 0.0812. The van der Waals surface area contributed by atoms with Gasteiger partial charge in [0.25, 0.3) is 5.56 Å². The van der Waals surface area contributed by atoms with Gasteiger partial charge in [-0.2, -0.15) is 5.10 Å². The number of anilines is 1. The van der Waals surface area contributed by atoms with E-state index in [0.29, 0.717) is 24.8 Å². The molecule has 0 unspecified atom stereocenters. The van der Waals surface area contributed by atoms with Crippen molar-refractivity contribution in [3.63, 3.8) is 0 Å². The number of thiazole rings is 1. The molecule has 25 heavy (non-hydrogen) atoms. The summed E-state index contributed by atoms with van der Waals surface area (Å²) >= 11 is 1.47. The topological polar surface area (TPSA) is 83.4 Å². The van der Waals surface area contributed by atoms with Gasteiger partial charge < -0.3 is 4.90 Å². The molecule has 0 atom stereocenters. The molecular weight excluding hydrogens is 340 g/mol. The molecule has 1 aliphatic heterocycles. The van der Waals surface area contributed by atoms with Crippen LogP contribution in [0.4, 0.5) is 9.93 Å². The molecule has 3 heterocycles. The second kappa shape index (κ2) is 7.75. The number of rotatable bonds is 4. The molecule has 1 aliphatic rings. The second-order valence-corrected chi connectivity index (χ2v) is 7.31. The van der Waals surface area contributed by atoms with E-state index in [1.165, 1.54) is 16.0 Å². The van der Waals surface area contributed by atoms with E-state index in [1.807, 2.05) is 13.8 Å². The van der Waals surface area contributed by atoms with E-state index < -0.39 is 0 Å². The van der Waals surface area contributed by atoms with Crippen LogP contribution in [0.3, 0.4) is 0 Å². The number of amides is 2. The second-order valence-electron chi connectivity index (χ2n) is 6.07. The Labute approximate surface area is 150 Å². The summed E-state index contributed by atoms with van der Waals surface area (Å²) < 4.78 is 1.50. The van der Waals surface area contributed by atoms with Crippen molar-refractivity contribution in [3.8, 4) is 0 Å². The monoisotopic (exact) mass is 362 g/mol. The van der Waals surface area contributed by atoms with Gasteiger partial charge in [0.1, 0.15) is 0 Å². The molecule has 2 aromatic rings. The molecule has 9 heteroatoms. The Morgan fingerprint density at radius 3 is 2.64 bits per heavy atom. The molecule has 3 rings (SSSR count). The van der Waals surface area contributed by atoms with Crippen LogP contribution < -0.4 is 10.9 Å². The van der Waals surface area contributed by atoms with Crippen LogP contribution in [0.5, 0.6) is 0 Å². The first-order chi connectivity index (χ1) is 12.0. The van der Waals surface area contributed by atoms with E-state index in [2.05, 4.69) is 20.3 Å². The molecule has 2 aromatic heterocycles. The molecule has 1 N–H and O–H groups in total. The number of carbonyl (C=O) groups excluding carboxylic acids is 1. The van der Waals surface area contributed by atoms with Crippen molar-refractivity contribution in [1.82, 2.24) is 24.6 Å². The van der Waals surface area contributed by atoms with Gasteiger partial charge in [-0.25, -0.2) is 14.5 Å². The van der Waals surface area contributed by atoms with Gasteiger partial charge in [0.2, 0.25) is 0 Å². The molecule has 1 fully saturated rings. The van der Waals surface area contributed by atoms with Crippen molar-refractivity contribution in [3.05, 3.63) is 39.3 Å². The van der Waals surface area contributed by atoms with E-state index in [1.54, 1.807) is 23.2 Å². The van der Waals surface area contributed by atoms with E-state index in [4.69, 9.17) is 0 Å². The largest absolute Gasteiger partial charge is 0.323 e. The first-order valence-corrected chi connectivity index (χ1v) is 9.08. The Kier molecular flexibility index (Phi) is 5.44. The molecule has 1 saturated heterocycles. The number of hydrogen-bond acceptors (Lipinski definition) is 6. The van der Waals surface area contributed by atoms with Crippen LogP contribution in [0.15, 0.2) is 23.1 Å². The van der Waals surface area contributed by atoms with Crippen molar-refractivity contribution in [1.29, 1.82) is 0 Å². The number of nitrogens with one attached hydrogen (secondary N) is 1. The van der Waals surface area contributed by atoms with Crippen LogP contribution in [0, 0.1) is 13.8 Å². The maximum atomic E-state index is 12.3. The van der Waals surface area contributed by atoms with E-state index in [0.717, 1.165) is 30.2 Å². The molecular formula is C16H22N6O2S. The zero-order valence-electron chi connectivity index (χ0n) is 14.4. The Morgan fingerprint density at radius 2 is 1.96 bits per heavy atom. The molecule has 0 radical (unpaired) electrons. The van der Waals surface area contributed by atoms with Gasteiger partial charge in [-0.15, -0.1) is 11.3 Å². The van der Waals surface area contributed by atoms with Gasteiger partial charge in [-0.3, -0.25) is 15.0 Å². The quantitative estimate of drug-likeness (QED) is 0.883. The summed E-state index contributed by atoms with van der Waals surface area (Å²) in [7, 11) is 0. The highest BCUT2D eigenvalue weighted by atomic mass is 32.1. The summed E-state index contributed by atoms with van der Waals surface area (Å²) in [5.41, 5.74) is 0.751. The minimum atomic E-state index is -0.106. The summed E-state index contributed by atoms with van der Waals surface area (Å²) in [6, 6.07) is 3.16. The number of aromatic nitrogens is 3. The minimum Gasteiger partial charge on any atom is -0.322 e. The lowest BCUT2D eigenvalue weighted by Crippen LogP contribution is -2.50. The summed E-state index contributed by atoms with van der Waals surface area (Å²) in [6.45, 7) is 8.02. The molecule has 134 valence electrons. The fraction of sp³-hybridized carbons (Fsp3) is 0.500. The number of carbonyl (C=O) groups is 1. The van der Waals surface area contributed by atoms with E-state index in [-0.39, 0.29) is 11.6 Å². The maximum Gasteiger partial charge on any atom is 0.323 e. The standard InChI is InChI=1S/C16H22N6O2S/c1-12-3-4-14(23)22(19-12)10-7-20-5-8-21(9-6-20)16(24)18-15-17-11-13(2)25-15/h3-4,11H,5-10H2,1-2H3,(H,17,18,24). The average molecular weight is 362 g/mol. The molecule has 0 spiro atoms. The van der Waals surface area contributed by atoms with Gasteiger partial charge in [-0.05, 0) is 19.9 Å². The zero-order valence-corrected chi connectivity index (χ0v) is 15.3. The maximum absolute atomic E-state index is 12.3. The van der Waals surface area contributed by atoms with Crippen LogP contribution in [-0.4, -0.2) is 63.3 Å². The fourth-order valence-corrected chi connectivity index (χ4v) is 3.36. The average Bonchev–Trinajstić information content (AvgIpc) is 3.01. The summed E-state index contributed by atoms with van der Waals surface area (Å²) in [5, 5.41) is 7.72. The first-order valence-electron chi connectivity index (χ1n) is 8.27. The van der Waals surface area contributed by atoms with E-state index in [9.17, 15) is 9.59 Å². The third-order valence-electron chi connectivity index (χ3n) is 4.12. The van der Waals surface area contributed by atoms with Crippen molar-refractivity contribution < 1.29 is 4.79 Å². The van der Waals surface area contributed by atoms with Crippen molar-refractivity contribution in [2.24, 2.45) is 0 Å². The van der Waals surface area contributed by atoms with Gasteiger partial charge in [-0.1, -0.05) is 0 Å². The molecule has 8 nitrogen and oxygen atoms in total. The van der Waals surface area contributed by atoms with Crippen molar-refractivity contribution in [2.45, 2.75) is 20.4 Å². The Morgan fingerprint density at radius 1 is 1.20 bits per heavy atom. The van der Waals surface area contributed by atoms with Gasteiger partial charge in [0.15, 0.2) is 5.13 Å². The summed E-state index contributed by atoms with van der Waals surface area (Å²) in [5.74, 6) is 0. The number of piperazine rings is 1. The van der Waals surface area contributed by atoms with Gasteiger partial charge in [0, 0.05) is 49.9 Å². The van der Waals surface area contributed by atoms with E-state index >= 15 is 0 Å². The third kappa shape index (κ3) is 4.64. The number of aryl methyl sites for hydroxylation is 2. The molecule has 0 aliphatic carbocycles. The van der Waals surface area contributed by atoms with Crippen LogP contribution in [0.25, 0.3) is 0 Å². The molecule has 0 bridgehead atoms. The molecule has 0 aromatic carbocycles. The van der Waals surface area contributed by atoms with Gasteiger partial charge >= 0.3 is 6.03 Å². The Hall–Kier alpha value is -2.26. The Bertz CT molecular complexity index is 794. The Balaban J connectivity index is 1.46. The fourth-order valence-electron chi connectivity index (χ4n) is 2.70. The summed E-state index contributed by atoms with van der Waals surface area (Å²) in [4.78, 5) is 33.3.